The van der Waals surface area contributed by atoms with Crippen molar-refractivity contribution in [3.8, 4) is 5.75 Å². The van der Waals surface area contributed by atoms with Gasteiger partial charge in [-0.05, 0) is 31.0 Å². The number of methoxy groups -OCH3 is 1. The molecule has 2 fully saturated rings. The number of hydrogen-bond donors (Lipinski definition) is 1. The first-order valence-corrected chi connectivity index (χ1v) is 7.84. The highest BCUT2D eigenvalue weighted by molar-refractivity contribution is 9.10. The molecule has 4 nitrogen and oxygen atoms in total. The Morgan fingerprint density at radius 2 is 2.25 bits per heavy atom. The maximum absolute atomic E-state index is 12.5. The summed E-state index contributed by atoms with van der Waals surface area (Å²) in [6.45, 7) is 2.49. The largest absolute Gasteiger partial charge is 0.496 e. The van der Waals surface area contributed by atoms with E-state index in [1.54, 1.807) is 7.11 Å². The summed E-state index contributed by atoms with van der Waals surface area (Å²) in [4.78, 5) is 14.6. The maximum Gasteiger partial charge on any atom is 0.228 e. The molecule has 2 saturated heterocycles. The van der Waals surface area contributed by atoms with Gasteiger partial charge in [-0.25, -0.2) is 0 Å². The van der Waals surface area contributed by atoms with Crippen molar-refractivity contribution in [2.45, 2.75) is 18.9 Å². The zero-order chi connectivity index (χ0) is 14.1. The second-order valence-corrected chi connectivity index (χ2v) is 6.35. The van der Waals surface area contributed by atoms with Crippen LogP contribution in [0, 0.1) is 5.92 Å². The molecule has 1 aromatic carbocycles. The van der Waals surface area contributed by atoms with Crippen LogP contribution in [0.5, 0.6) is 5.75 Å². The minimum atomic E-state index is 0.149. The van der Waals surface area contributed by atoms with Crippen LogP contribution in [-0.2, 0) is 4.79 Å². The third kappa shape index (κ3) is 2.44. The molecule has 2 aliphatic rings. The van der Waals surface area contributed by atoms with Crippen molar-refractivity contribution in [2.75, 3.05) is 26.7 Å². The van der Waals surface area contributed by atoms with Gasteiger partial charge in [-0.2, -0.15) is 0 Å². The average molecular weight is 339 g/mol. The van der Waals surface area contributed by atoms with Crippen molar-refractivity contribution in [1.29, 1.82) is 0 Å². The number of benzene rings is 1. The molecule has 1 amide bonds. The summed E-state index contributed by atoms with van der Waals surface area (Å²) < 4.78 is 6.50. The number of carbonyl (C=O) groups excluding carboxylic acids is 1. The highest BCUT2D eigenvalue weighted by atomic mass is 79.9. The molecule has 2 heterocycles. The van der Waals surface area contributed by atoms with Crippen molar-refractivity contribution in [1.82, 2.24) is 10.2 Å². The molecule has 1 aromatic rings. The topological polar surface area (TPSA) is 41.6 Å². The molecule has 0 aliphatic carbocycles. The Morgan fingerprint density at radius 1 is 1.45 bits per heavy atom. The van der Waals surface area contributed by atoms with Crippen molar-refractivity contribution < 1.29 is 9.53 Å². The van der Waals surface area contributed by atoms with Gasteiger partial charge in [0.15, 0.2) is 0 Å². The predicted molar refractivity (Wildman–Crippen MR) is 80.7 cm³/mol. The molecule has 2 aliphatic heterocycles. The van der Waals surface area contributed by atoms with E-state index >= 15 is 0 Å². The van der Waals surface area contributed by atoms with E-state index < -0.39 is 0 Å². The number of nitrogens with zero attached hydrogens (tertiary/aromatic N) is 1. The Labute approximate surface area is 127 Å². The highest BCUT2D eigenvalue weighted by Gasteiger charge is 2.37. The van der Waals surface area contributed by atoms with Crippen LogP contribution in [0.1, 0.15) is 24.4 Å². The van der Waals surface area contributed by atoms with Gasteiger partial charge in [-0.3, -0.25) is 4.79 Å². The normalized spacial score (nSPS) is 22.7. The Hall–Kier alpha value is -1.07. The third-order valence-corrected chi connectivity index (χ3v) is 4.71. The van der Waals surface area contributed by atoms with Crippen molar-refractivity contribution in [2.24, 2.45) is 5.92 Å². The van der Waals surface area contributed by atoms with E-state index in [2.05, 4.69) is 27.3 Å². The fraction of sp³-hybridized carbons (Fsp3) is 0.533. The highest BCUT2D eigenvalue weighted by Crippen LogP contribution is 2.39. The Balaban J connectivity index is 1.88. The lowest BCUT2D eigenvalue weighted by molar-refractivity contribution is -0.138. The van der Waals surface area contributed by atoms with Gasteiger partial charge >= 0.3 is 0 Å². The number of halogens is 1. The van der Waals surface area contributed by atoms with Gasteiger partial charge in [0.25, 0.3) is 0 Å². The molecule has 0 bridgehead atoms. The number of rotatable bonds is 3. The zero-order valence-corrected chi connectivity index (χ0v) is 13.1. The lowest BCUT2D eigenvalue weighted by Crippen LogP contribution is -2.51. The predicted octanol–water partition coefficient (Wildman–Crippen LogP) is 2.34. The molecule has 108 valence electrons. The quantitative estimate of drug-likeness (QED) is 0.919. The summed E-state index contributed by atoms with van der Waals surface area (Å²) in [5, 5.41) is 3.17. The summed E-state index contributed by atoms with van der Waals surface area (Å²) in [5.74, 6) is 1.31. The summed E-state index contributed by atoms with van der Waals surface area (Å²) in [7, 11) is 1.68. The SMILES string of the molecule is COc1ccc(Br)cc1C1CCCN1C(=O)C1CNC1. The summed E-state index contributed by atoms with van der Waals surface area (Å²) in [6.07, 6.45) is 2.07. The van der Waals surface area contributed by atoms with Crippen LogP contribution in [0.15, 0.2) is 22.7 Å². The van der Waals surface area contributed by atoms with Crippen LogP contribution in [-0.4, -0.2) is 37.6 Å². The first kappa shape index (κ1) is 13.9. The lowest BCUT2D eigenvalue weighted by atomic mass is 9.99. The average Bonchev–Trinajstić information content (AvgIpc) is 2.85. The standard InChI is InChI=1S/C15H19BrN2O2/c1-20-14-5-4-11(16)7-12(14)13-3-2-6-18(13)15(19)10-8-17-9-10/h4-5,7,10,13,17H,2-3,6,8-9H2,1H3. The van der Waals surface area contributed by atoms with E-state index in [9.17, 15) is 4.79 Å². The van der Waals surface area contributed by atoms with Gasteiger partial charge in [0.2, 0.25) is 5.91 Å². The smallest absolute Gasteiger partial charge is 0.228 e. The van der Waals surface area contributed by atoms with Crippen LogP contribution in [0.25, 0.3) is 0 Å². The number of amides is 1. The molecule has 0 aromatic heterocycles. The van der Waals surface area contributed by atoms with Crippen LogP contribution in [0.2, 0.25) is 0 Å². The molecule has 3 rings (SSSR count). The van der Waals surface area contributed by atoms with Crippen molar-refractivity contribution in [3.05, 3.63) is 28.2 Å². The molecule has 0 saturated carbocycles. The third-order valence-electron chi connectivity index (χ3n) is 4.22. The van der Waals surface area contributed by atoms with E-state index in [1.165, 1.54) is 0 Å². The van der Waals surface area contributed by atoms with Crippen molar-refractivity contribution >= 4 is 21.8 Å². The van der Waals surface area contributed by atoms with Crippen molar-refractivity contribution in [3.63, 3.8) is 0 Å². The maximum atomic E-state index is 12.5. The molecule has 1 atom stereocenters. The molecular weight excluding hydrogens is 320 g/mol. The molecular formula is C15H19BrN2O2. The molecule has 0 spiro atoms. The second-order valence-electron chi connectivity index (χ2n) is 5.43. The van der Waals surface area contributed by atoms with Gasteiger partial charge in [0.05, 0.1) is 19.1 Å². The number of hydrogen-bond acceptors (Lipinski definition) is 3. The van der Waals surface area contributed by atoms with E-state index in [0.717, 1.165) is 48.3 Å². The molecule has 1 unspecified atom stereocenters. The van der Waals surface area contributed by atoms with Crippen LogP contribution < -0.4 is 10.1 Å². The van der Waals surface area contributed by atoms with E-state index in [4.69, 9.17) is 4.74 Å². The second kappa shape index (κ2) is 5.74. The van der Waals surface area contributed by atoms with Gasteiger partial charge < -0.3 is 15.0 Å². The Morgan fingerprint density at radius 3 is 2.90 bits per heavy atom. The van der Waals surface area contributed by atoms with E-state index in [0.29, 0.717) is 0 Å². The van der Waals surface area contributed by atoms with E-state index in [-0.39, 0.29) is 17.9 Å². The summed E-state index contributed by atoms with van der Waals surface area (Å²) in [5.41, 5.74) is 1.11. The summed E-state index contributed by atoms with van der Waals surface area (Å²) in [6, 6.07) is 6.16. The Bertz CT molecular complexity index is 517. The first-order valence-electron chi connectivity index (χ1n) is 7.05. The van der Waals surface area contributed by atoms with Gasteiger partial charge in [-0.15, -0.1) is 0 Å². The monoisotopic (exact) mass is 338 g/mol. The van der Waals surface area contributed by atoms with Gasteiger partial charge in [0, 0.05) is 29.7 Å². The number of nitrogens with one attached hydrogen (secondary N) is 1. The number of likely N-dealkylation sites (tertiary alicyclic amines) is 1. The van der Waals surface area contributed by atoms with Gasteiger partial charge in [-0.1, -0.05) is 15.9 Å². The summed E-state index contributed by atoms with van der Waals surface area (Å²) >= 11 is 3.51. The van der Waals surface area contributed by atoms with E-state index in [1.807, 2.05) is 17.0 Å². The minimum Gasteiger partial charge on any atom is -0.496 e. The molecule has 0 radical (unpaired) electrons. The van der Waals surface area contributed by atoms with Crippen LogP contribution in [0.3, 0.4) is 0 Å². The van der Waals surface area contributed by atoms with Gasteiger partial charge in [0.1, 0.15) is 5.75 Å². The van der Waals surface area contributed by atoms with Crippen LogP contribution in [0.4, 0.5) is 0 Å². The molecule has 1 N–H and O–H groups in total. The molecule has 20 heavy (non-hydrogen) atoms. The zero-order valence-electron chi connectivity index (χ0n) is 11.6. The number of carbonyl (C=O) groups is 1. The fourth-order valence-corrected chi connectivity index (χ4v) is 3.40. The minimum absolute atomic E-state index is 0.149. The molecule has 5 heteroatoms. The first-order chi connectivity index (χ1) is 9.70. The number of ether oxygens (including phenoxy) is 1. The lowest BCUT2D eigenvalue weighted by Gasteiger charge is -2.34. The van der Waals surface area contributed by atoms with Crippen LogP contribution >= 0.6 is 15.9 Å². The Kier molecular flexibility index (Phi) is 3.98. The fourth-order valence-electron chi connectivity index (χ4n) is 3.02.